The summed E-state index contributed by atoms with van der Waals surface area (Å²) in [4.78, 5) is 0. The van der Waals surface area contributed by atoms with Crippen LogP contribution in [0.5, 0.6) is 5.75 Å². The van der Waals surface area contributed by atoms with Crippen LogP contribution in [0.4, 0.5) is 0 Å². The molecule has 0 aromatic heterocycles. The van der Waals surface area contributed by atoms with E-state index in [-0.39, 0.29) is 0 Å². The number of benzene rings is 1. The highest BCUT2D eigenvalue weighted by Crippen LogP contribution is 2.34. The van der Waals surface area contributed by atoms with Crippen molar-refractivity contribution in [3.8, 4) is 5.75 Å². The van der Waals surface area contributed by atoms with Crippen molar-refractivity contribution in [2.24, 2.45) is 0 Å². The smallest absolute Gasteiger partial charge is 0.123 e. The molecule has 4 rings (SSSR count). The molecule has 1 aliphatic carbocycles. The van der Waals surface area contributed by atoms with Gasteiger partial charge < -0.3 is 10.1 Å². The van der Waals surface area contributed by atoms with Crippen molar-refractivity contribution >= 4 is 0 Å². The molecule has 2 heterocycles. The van der Waals surface area contributed by atoms with Crippen LogP contribution in [0.1, 0.15) is 49.7 Å². The normalized spacial score (nSPS) is 32.9. The van der Waals surface area contributed by atoms with E-state index < -0.39 is 0 Å². The van der Waals surface area contributed by atoms with Crippen molar-refractivity contribution in [3.63, 3.8) is 0 Å². The standard InChI is InChI=1S/C17H23NO/c1-4-12-5-2-9-17(16(12)8-1)19-15-10-13-6-3-7-14(11-15)18-13/h2,5,9,13-15,18H,1,3-4,6-8,10-11H2/t13-,14+,15?. The molecular weight excluding hydrogens is 234 g/mol. The molecule has 2 nitrogen and oxygen atoms in total. The summed E-state index contributed by atoms with van der Waals surface area (Å²) in [7, 11) is 0. The number of nitrogens with one attached hydrogen (secondary N) is 1. The van der Waals surface area contributed by atoms with E-state index in [2.05, 4.69) is 23.5 Å². The molecule has 0 amide bonds. The second-order valence-corrected chi connectivity index (χ2v) is 6.45. The molecule has 0 saturated carbocycles. The Hall–Kier alpha value is -1.02. The lowest BCUT2D eigenvalue weighted by Gasteiger charge is -2.40. The molecule has 1 aromatic carbocycles. The van der Waals surface area contributed by atoms with Crippen LogP contribution in [-0.2, 0) is 12.8 Å². The van der Waals surface area contributed by atoms with Gasteiger partial charge in [-0.2, -0.15) is 0 Å². The molecule has 3 aliphatic rings. The predicted molar refractivity (Wildman–Crippen MR) is 76.7 cm³/mol. The highest BCUT2D eigenvalue weighted by Gasteiger charge is 2.32. The minimum absolute atomic E-state index is 0.434. The van der Waals surface area contributed by atoms with Crippen LogP contribution in [0, 0.1) is 0 Å². The van der Waals surface area contributed by atoms with E-state index in [0.717, 1.165) is 0 Å². The van der Waals surface area contributed by atoms with Crippen molar-refractivity contribution in [2.45, 2.75) is 69.6 Å². The van der Waals surface area contributed by atoms with Gasteiger partial charge in [0.25, 0.3) is 0 Å². The molecule has 2 fully saturated rings. The fraction of sp³-hybridized carbons (Fsp3) is 0.647. The first-order valence-electron chi connectivity index (χ1n) is 7.92. The Labute approximate surface area is 115 Å². The zero-order chi connectivity index (χ0) is 12.7. The summed E-state index contributed by atoms with van der Waals surface area (Å²) in [5.74, 6) is 1.18. The Bertz CT molecular complexity index is 458. The SMILES string of the molecule is c1cc2c(c(OC3C[C@H]4CCC[C@@H](C3)N4)c1)CCC2. The summed E-state index contributed by atoms with van der Waals surface area (Å²) in [6.45, 7) is 0. The average Bonchev–Trinajstić information content (AvgIpc) is 2.88. The van der Waals surface area contributed by atoms with Gasteiger partial charge in [0.15, 0.2) is 0 Å². The molecule has 2 saturated heterocycles. The Morgan fingerprint density at radius 2 is 1.84 bits per heavy atom. The fourth-order valence-corrected chi connectivity index (χ4v) is 4.18. The fourth-order valence-electron chi connectivity index (χ4n) is 4.18. The van der Waals surface area contributed by atoms with Crippen LogP contribution in [0.15, 0.2) is 18.2 Å². The Kier molecular flexibility index (Phi) is 2.99. The Morgan fingerprint density at radius 3 is 2.68 bits per heavy atom. The number of fused-ring (bicyclic) bond motifs is 3. The molecule has 2 bridgehead atoms. The monoisotopic (exact) mass is 257 g/mol. The third-order valence-corrected chi connectivity index (χ3v) is 5.07. The summed E-state index contributed by atoms with van der Waals surface area (Å²) in [6.07, 6.45) is 10.6. The van der Waals surface area contributed by atoms with E-state index in [0.29, 0.717) is 18.2 Å². The van der Waals surface area contributed by atoms with E-state index in [1.165, 1.54) is 68.2 Å². The first kappa shape index (κ1) is 11.8. The van der Waals surface area contributed by atoms with Crippen molar-refractivity contribution < 1.29 is 4.74 Å². The van der Waals surface area contributed by atoms with E-state index in [1.54, 1.807) is 0 Å². The zero-order valence-electron chi connectivity index (χ0n) is 11.5. The number of hydrogen-bond acceptors (Lipinski definition) is 2. The Balaban J connectivity index is 1.51. The van der Waals surface area contributed by atoms with Gasteiger partial charge in [0.05, 0.1) is 0 Å². The highest BCUT2D eigenvalue weighted by molar-refractivity contribution is 5.43. The van der Waals surface area contributed by atoms with Gasteiger partial charge in [-0.05, 0) is 62.1 Å². The van der Waals surface area contributed by atoms with Crippen LogP contribution >= 0.6 is 0 Å². The second-order valence-electron chi connectivity index (χ2n) is 6.45. The van der Waals surface area contributed by atoms with Crippen molar-refractivity contribution in [2.75, 3.05) is 0 Å². The molecule has 1 unspecified atom stereocenters. The Morgan fingerprint density at radius 1 is 1.00 bits per heavy atom. The molecule has 2 aliphatic heterocycles. The van der Waals surface area contributed by atoms with E-state index in [9.17, 15) is 0 Å². The number of rotatable bonds is 2. The molecule has 1 N–H and O–H groups in total. The minimum atomic E-state index is 0.434. The van der Waals surface area contributed by atoms with Crippen molar-refractivity contribution in [3.05, 3.63) is 29.3 Å². The summed E-state index contributed by atoms with van der Waals surface area (Å²) < 4.78 is 6.39. The number of hydrogen-bond donors (Lipinski definition) is 1. The number of piperidine rings is 2. The van der Waals surface area contributed by atoms with Gasteiger partial charge in [0.2, 0.25) is 0 Å². The van der Waals surface area contributed by atoms with Crippen molar-refractivity contribution in [1.29, 1.82) is 0 Å². The molecular formula is C17H23NO. The lowest BCUT2D eigenvalue weighted by atomic mass is 9.85. The molecule has 2 heteroatoms. The van der Waals surface area contributed by atoms with Gasteiger partial charge in [0.1, 0.15) is 11.9 Å². The first-order valence-corrected chi connectivity index (χ1v) is 7.92. The maximum atomic E-state index is 6.39. The minimum Gasteiger partial charge on any atom is -0.490 e. The van der Waals surface area contributed by atoms with Crippen LogP contribution in [0.25, 0.3) is 0 Å². The largest absolute Gasteiger partial charge is 0.490 e. The molecule has 3 atom stereocenters. The first-order chi connectivity index (χ1) is 9.38. The van der Waals surface area contributed by atoms with Crippen LogP contribution in [0.2, 0.25) is 0 Å². The molecule has 1 aromatic rings. The summed E-state index contributed by atoms with van der Waals surface area (Å²) in [5, 5.41) is 3.74. The summed E-state index contributed by atoms with van der Waals surface area (Å²) >= 11 is 0. The maximum absolute atomic E-state index is 6.39. The van der Waals surface area contributed by atoms with Gasteiger partial charge in [-0.1, -0.05) is 18.6 Å². The van der Waals surface area contributed by atoms with Crippen LogP contribution in [-0.4, -0.2) is 18.2 Å². The van der Waals surface area contributed by atoms with E-state index >= 15 is 0 Å². The molecule has 0 radical (unpaired) electrons. The predicted octanol–water partition coefficient (Wildman–Crippen LogP) is 3.23. The lowest BCUT2D eigenvalue weighted by Crippen LogP contribution is -2.51. The van der Waals surface area contributed by atoms with Crippen molar-refractivity contribution in [1.82, 2.24) is 5.32 Å². The number of ether oxygens (including phenoxy) is 1. The van der Waals surface area contributed by atoms with E-state index in [4.69, 9.17) is 4.74 Å². The van der Waals surface area contributed by atoms with Gasteiger partial charge in [-0.25, -0.2) is 0 Å². The van der Waals surface area contributed by atoms with Gasteiger partial charge >= 0.3 is 0 Å². The number of aryl methyl sites for hydroxylation is 1. The van der Waals surface area contributed by atoms with Gasteiger partial charge in [0, 0.05) is 12.1 Å². The quantitative estimate of drug-likeness (QED) is 0.878. The van der Waals surface area contributed by atoms with Gasteiger partial charge in [-0.3, -0.25) is 0 Å². The van der Waals surface area contributed by atoms with Crippen LogP contribution < -0.4 is 10.1 Å². The van der Waals surface area contributed by atoms with Crippen LogP contribution in [0.3, 0.4) is 0 Å². The third-order valence-electron chi connectivity index (χ3n) is 5.07. The molecule has 0 spiro atoms. The topological polar surface area (TPSA) is 21.3 Å². The molecule has 19 heavy (non-hydrogen) atoms. The second kappa shape index (κ2) is 4.82. The highest BCUT2D eigenvalue weighted by atomic mass is 16.5. The third kappa shape index (κ3) is 2.27. The summed E-state index contributed by atoms with van der Waals surface area (Å²) in [6, 6.07) is 8.03. The lowest BCUT2D eigenvalue weighted by molar-refractivity contribution is 0.0920. The molecule has 102 valence electrons. The van der Waals surface area contributed by atoms with Gasteiger partial charge in [-0.15, -0.1) is 0 Å². The zero-order valence-corrected chi connectivity index (χ0v) is 11.5. The maximum Gasteiger partial charge on any atom is 0.123 e. The summed E-state index contributed by atoms with van der Waals surface area (Å²) in [5.41, 5.74) is 3.01. The average molecular weight is 257 g/mol. The van der Waals surface area contributed by atoms with E-state index in [1.807, 2.05) is 0 Å².